The number of rotatable bonds is 9. The van der Waals surface area contributed by atoms with Crippen LogP contribution in [0.4, 0.5) is 4.79 Å². The van der Waals surface area contributed by atoms with Crippen molar-refractivity contribution in [3.63, 3.8) is 0 Å². The minimum absolute atomic E-state index is 0.0263. The number of nitrogens with one attached hydrogen (secondary N) is 2. The third kappa shape index (κ3) is 5.90. The maximum atomic E-state index is 12.6. The third-order valence-electron chi connectivity index (χ3n) is 6.67. The Bertz CT molecular complexity index is 1300. The Balaban J connectivity index is 1.30. The number of ether oxygens (including phenoxy) is 1. The molecule has 0 radical (unpaired) electrons. The lowest BCUT2D eigenvalue weighted by atomic mass is 9.92. The quantitative estimate of drug-likeness (QED) is 0.342. The van der Waals surface area contributed by atoms with Crippen LogP contribution in [0.25, 0.3) is 11.1 Å². The predicted molar refractivity (Wildman–Crippen MR) is 140 cm³/mol. The SMILES string of the molecule is C[C@@H](NC(=O)[C@@H](N)C(Cc1ccccc1)C(=O)O)C(=O)NC(=O)OCC1c2ccccc2-c2ccccc21. The number of aliphatic carboxylic acids is 1. The van der Waals surface area contributed by atoms with Crippen LogP contribution in [-0.4, -0.2) is 47.7 Å². The summed E-state index contributed by atoms with van der Waals surface area (Å²) in [4.78, 5) is 49.3. The van der Waals surface area contributed by atoms with E-state index in [4.69, 9.17) is 10.5 Å². The minimum atomic E-state index is -1.41. The van der Waals surface area contributed by atoms with E-state index in [1.807, 2.05) is 48.5 Å². The van der Waals surface area contributed by atoms with Crippen molar-refractivity contribution in [3.8, 4) is 11.1 Å². The minimum Gasteiger partial charge on any atom is -0.481 e. The first-order valence-electron chi connectivity index (χ1n) is 12.2. The van der Waals surface area contributed by atoms with Gasteiger partial charge in [0.1, 0.15) is 12.6 Å². The van der Waals surface area contributed by atoms with Gasteiger partial charge in [0.25, 0.3) is 5.91 Å². The number of hydrogen-bond donors (Lipinski definition) is 4. The molecule has 9 nitrogen and oxygen atoms in total. The first-order valence-corrected chi connectivity index (χ1v) is 12.2. The molecular formula is C29H29N3O6. The van der Waals surface area contributed by atoms with Gasteiger partial charge in [-0.05, 0) is 41.2 Å². The van der Waals surface area contributed by atoms with Gasteiger partial charge < -0.3 is 20.9 Å². The molecule has 0 bridgehead atoms. The molecule has 1 unspecified atom stereocenters. The van der Waals surface area contributed by atoms with Crippen molar-refractivity contribution >= 4 is 23.9 Å². The monoisotopic (exact) mass is 515 g/mol. The Morgan fingerprint density at radius 1 is 0.868 bits per heavy atom. The van der Waals surface area contributed by atoms with Crippen LogP contribution in [0.3, 0.4) is 0 Å². The number of carbonyl (C=O) groups excluding carboxylic acids is 3. The zero-order chi connectivity index (χ0) is 27.2. The number of carboxylic acid groups (broad SMARTS) is 1. The molecule has 3 aromatic carbocycles. The highest BCUT2D eigenvalue weighted by molar-refractivity contribution is 5.97. The van der Waals surface area contributed by atoms with Crippen molar-refractivity contribution in [1.82, 2.24) is 10.6 Å². The van der Waals surface area contributed by atoms with Crippen LogP contribution < -0.4 is 16.4 Å². The number of hydrogen-bond acceptors (Lipinski definition) is 6. The van der Waals surface area contributed by atoms with E-state index < -0.39 is 41.9 Å². The number of imide groups is 1. The van der Waals surface area contributed by atoms with Crippen molar-refractivity contribution < 1.29 is 29.0 Å². The molecule has 0 aromatic heterocycles. The molecule has 196 valence electrons. The first-order chi connectivity index (χ1) is 18.3. The van der Waals surface area contributed by atoms with Crippen LogP contribution in [0, 0.1) is 5.92 Å². The fourth-order valence-electron chi connectivity index (χ4n) is 4.64. The van der Waals surface area contributed by atoms with Crippen LogP contribution in [0.5, 0.6) is 0 Å². The summed E-state index contributed by atoms with van der Waals surface area (Å²) in [5.41, 5.74) is 10.9. The molecule has 9 heteroatoms. The van der Waals surface area contributed by atoms with Crippen LogP contribution in [0.2, 0.25) is 0 Å². The van der Waals surface area contributed by atoms with Gasteiger partial charge in [-0.25, -0.2) is 4.79 Å². The topological polar surface area (TPSA) is 148 Å². The lowest BCUT2D eigenvalue weighted by Gasteiger charge is -2.22. The molecule has 1 aliphatic rings. The van der Waals surface area contributed by atoms with Gasteiger partial charge in [0.15, 0.2) is 0 Å². The Hall–Kier alpha value is -4.50. The molecule has 0 heterocycles. The predicted octanol–water partition coefficient (Wildman–Crippen LogP) is 2.83. The van der Waals surface area contributed by atoms with Gasteiger partial charge >= 0.3 is 12.1 Å². The number of carbonyl (C=O) groups is 4. The molecule has 1 aliphatic carbocycles. The Morgan fingerprint density at radius 3 is 2.00 bits per heavy atom. The largest absolute Gasteiger partial charge is 0.481 e. The Kier molecular flexibility index (Phi) is 8.18. The van der Waals surface area contributed by atoms with Crippen molar-refractivity contribution in [2.45, 2.75) is 31.3 Å². The average molecular weight is 516 g/mol. The second-order valence-corrected chi connectivity index (χ2v) is 9.21. The van der Waals surface area contributed by atoms with Crippen LogP contribution >= 0.6 is 0 Å². The van der Waals surface area contributed by atoms with E-state index in [0.717, 1.165) is 22.3 Å². The van der Waals surface area contributed by atoms with Gasteiger partial charge in [0.2, 0.25) is 5.91 Å². The summed E-state index contributed by atoms with van der Waals surface area (Å²) in [7, 11) is 0. The van der Waals surface area contributed by atoms with E-state index in [-0.39, 0.29) is 18.9 Å². The highest BCUT2D eigenvalue weighted by Gasteiger charge is 2.33. The second-order valence-electron chi connectivity index (χ2n) is 9.21. The van der Waals surface area contributed by atoms with Gasteiger partial charge in [-0.2, -0.15) is 0 Å². The fraction of sp³-hybridized carbons (Fsp3) is 0.241. The van der Waals surface area contributed by atoms with Gasteiger partial charge in [-0.15, -0.1) is 0 Å². The lowest BCUT2D eigenvalue weighted by molar-refractivity contribution is -0.145. The summed E-state index contributed by atoms with van der Waals surface area (Å²) in [6, 6.07) is 22.0. The normalized spacial score (nSPS) is 14.4. The zero-order valence-electron chi connectivity index (χ0n) is 20.8. The molecule has 3 atom stereocenters. The fourth-order valence-corrected chi connectivity index (χ4v) is 4.64. The highest BCUT2D eigenvalue weighted by atomic mass is 16.5. The van der Waals surface area contributed by atoms with Crippen LogP contribution in [0.15, 0.2) is 78.9 Å². The van der Waals surface area contributed by atoms with Gasteiger partial charge in [-0.3, -0.25) is 19.7 Å². The maximum absolute atomic E-state index is 12.6. The summed E-state index contributed by atoms with van der Waals surface area (Å²) in [6.45, 7) is 1.39. The Morgan fingerprint density at radius 2 is 1.42 bits per heavy atom. The van der Waals surface area contributed by atoms with Gasteiger partial charge in [0.05, 0.1) is 12.0 Å². The molecule has 38 heavy (non-hydrogen) atoms. The molecule has 0 aliphatic heterocycles. The standard InChI is InChI=1S/C29H29N3O6/c1-17(31-27(34)25(30)23(28(35)36)15-18-9-3-2-4-10-18)26(33)32-29(37)38-16-24-21-13-7-5-11-19(21)20-12-6-8-14-22(20)24/h2-14,17,23-25H,15-16,30H2,1H3,(H,31,34)(H,35,36)(H,32,33,37)/t17-,23?,25+/m1/s1. The average Bonchev–Trinajstić information content (AvgIpc) is 3.24. The Labute approximate surface area is 220 Å². The summed E-state index contributed by atoms with van der Waals surface area (Å²) < 4.78 is 5.36. The summed E-state index contributed by atoms with van der Waals surface area (Å²) in [5.74, 6) is -4.22. The van der Waals surface area contributed by atoms with E-state index in [1.54, 1.807) is 30.3 Å². The summed E-state index contributed by atoms with van der Waals surface area (Å²) in [5, 5.41) is 14.1. The van der Waals surface area contributed by atoms with Crippen molar-refractivity contribution in [3.05, 3.63) is 95.6 Å². The number of amides is 3. The molecule has 3 aromatic rings. The van der Waals surface area contributed by atoms with Crippen molar-refractivity contribution in [2.75, 3.05) is 6.61 Å². The molecule has 0 spiro atoms. The molecule has 4 rings (SSSR count). The highest BCUT2D eigenvalue weighted by Crippen LogP contribution is 2.44. The van der Waals surface area contributed by atoms with Crippen molar-refractivity contribution in [1.29, 1.82) is 0 Å². The van der Waals surface area contributed by atoms with Crippen LogP contribution in [-0.2, 0) is 25.5 Å². The van der Waals surface area contributed by atoms with E-state index in [2.05, 4.69) is 10.6 Å². The second kappa shape index (κ2) is 11.7. The zero-order valence-corrected chi connectivity index (χ0v) is 20.8. The van der Waals surface area contributed by atoms with Gasteiger partial charge in [-0.1, -0.05) is 78.9 Å². The maximum Gasteiger partial charge on any atom is 0.413 e. The smallest absolute Gasteiger partial charge is 0.413 e. The number of nitrogens with two attached hydrogens (primary N) is 1. The number of alkyl carbamates (subject to hydrolysis) is 1. The summed E-state index contributed by atoms with van der Waals surface area (Å²) in [6.07, 6.45) is -0.903. The van der Waals surface area contributed by atoms with E-state index in [9.17, 15) is 24.3 Å². The third-order valence-corrected chi connectivity index (χ3v) is 6.67. The molecular weight excluding hydrogens is 486 g/mol. The van der Waals surface area contributed by atoms with E-state index >= 15 is 0 Å². The molecule has 0 saturated carbocycles. The number of carboxylic acids is 1. The first kappa shape index (κ1) is 26.6. The molecule has 3 amide bonds. The van der Waals surface area contributed by atoms with Crippen LogP contribution in [0.1, 0.15) is 29.5 Å². The lowest BCUT2D eigenvalue weighted by Crippen LogP contribution is -2.54. The number of fused-ring (bicyclic) bond motifs is 3. The van der Waals surface area contributed by atoms with Gasteiger partial charge in [0, 0.05) is 5.92 Å². The molecule has 0 saturated heterocycles. The van der Waals surface area contributed by atoms with Crippen molar-refractivity contribution in [2.24, 2.45) is 11.7 Å². The van der Waals surface area contributed by atoms with E-state index in [0.29, 0.717) is 5.56 Å². The molecule has 0 fully saturated rings. The summed E-state index contributed by atoms with van der Waals surface area (Å²) >= 11 is 0. The van der Waals surface area contributed by atoms with E-state index in [1.165, 1.54) is 6.92 Å². The number of benzene rings is 3. The molecule has 5 N–H and O–H groups in total.